The van der Waals surface area contributed by atoms with Gasteiger partial charge < -0.3 is 16.0 Å². The number of anilines is 1. The number of aromatic nitrogens is 4. The van der Waals surface area contributed by atoms with Crippen molar-refractivity contribution in [3.63, 3.8) is 0 Å². The highest BCUT2D eigenvalue weighted by Gasteiger charge is 2.13. The van der Waals surface area contributed by atoms with E-state index in [0.29, 0.717) is 18.7 Å². The first kappa shape index (κ1) is 11.2. The lowest BCUT2D eigenvalue weighted by Crippen LogP contribution is -2.27. The van der Waals surface area contributed by atoms with Crippen LogP contribution >= 0.6 is 0 Å². The van der Waals surface area contributed by atoms with Crippen molar-refractivity contribution in [1.82, 2.24) is 25.1 Å². The summed E-state index contributed by atoms with van der Waals surface area (Å²) in [5.74, 6) is 0.564. The van der Waals surface area contributed by atoms with Gasteiger partial charge in [-0.15, -0.1) is 0 Å². The number of carbonyl (C=O) groups excluding carboxylic acids is 1. The van der Waals surface area contributed by atoms with Gasteiger partial charge in [0.1, 0.15) is 5.82 Å². The summed E-state index contributed by atoms with van der Waals surface area (Å²) < 4.78 is 1.51. The third-order valence-corrected chi connectivity index (χ3v) is 2.27. The molecule has 17 heavy (non-hydrogen) atoms. The van der Waals surface area contributed by atoms with Crippen molar-refractivity contribution < 1.29 is 4.79 Å². The Balaban J connectivity index is 1.87. The number of nitrogen functional groups attached to an aromatic ring is 1. The lowest BCUT2D eigenvalue weighted by atomic mass is 10.3. The van der Waals surface area contributed by atoms with Crippen LogP contribution in [0.4, 0.5) is 5.69 Å². The van der Waals surface area contributed by atoms with Gasteiger partial charge >= 0.3 is 0 Å². The highest BCUT2D eigenvalue weighted by atomic mass is 16.1. The van der Waals surface area contributed by atoms with E-state index in [1.54, 1.807) is 25.6 Å². The molecule has 0 aliphatic rings. The number of imidazole rings is 1. The molecule has 0 aromatic carbocycles. The van der Waals surface area contributed by atoms with E-state index in [1.165, 1.54) is 4.68 Å². The molecule has 0 saturated carbocycles. The zero-order valence-electron chi connectivity index (χ0n) is 9.47. The second kappa shape index (κ2) is 4.69. The van der Waals surface area contributed by atoms with Crippen molar-refractivity contribution in [2.45, 2.75) is 6.42 Å². The molecular weight excluding hydrogens is 220 g/mol. The zero-order valence-corrected chi connectivity index (χ0v) is 9.47. The van der Waals surface area contributed by atoms with Crippen LogP contribution in [0.5, 0.6) is 0 Å². The number of nitrogens with zero attached hydrogens (tertiary/aromatic N) is 3. The minimum Gasteiger partial charge on any atom is -0.396 e. The molecule has 7 heteroatoms. The van der Waals surface area contributed by atoms with E-state index in [9.17, 15) is 4.79 Å². The van der Waals surface area contributed by atoms with Crippen molar-refractivity contribution in [3.05, 3.63) is 30.1 Å². The fourth-order valence-electron chi connectivity index (χ4n) is 1.50. The van der Waals surface area contributed by atoms with Crippen LogP contribution in [0.15, 0.2) is 18.6 Å². The Kier molecular flexibility index (Phi) is 3.08. The average molecular weight is 234 g/mol. The SMILES string of the molecule is Cn1cc(N)c(C(=O)NCCc2ncc[nH]2)n1. The first-order valence-corrected chi connectivity index (χ1v) is 5.22. The van der Waals surface area contributed by atoms with Crippen molar-refractivity contribution in [3.8, 4) is 0 Å². The highest BCUT2D eigenvalue weighted by Crippen LogP contribution is 2.07. The number of carbonyl (C=O) groups is 1. The predicted octanol–water partition coefficient (Wildman–Crippen LogP) is -0.302. The molecule has 2 aromatic heterocycles. The van der Waals surface area contributed by atoms with Gasteiger partial charge in [-0.2, -0.15) is 5.10 Å². The Morgan fingerprint density at radius 1 is 1.65 bits per heavy atom. The van der Waals surface area contributed by atoms with E-state index in [1.807, 2.05) is 0 Å². The fraction of sp³-hybridized carbons (Fsp3) is 0.300. The lowest BCUT2D eigenvalue weighted by Gasteiger charge is -2.01. The van der Waals surface area contributed by atoms with Gasteiger partial charge in [0, 0.05) is 38.6 Å². The summed E-state index contributed by atoms with van der Waals surface area (Å²) in [6, 6.07) is 0. The minimum atomic E-state index is -0.269. The number of aryl methyl sites for hydroxylation is 1. The summed E-state index contributed by atoms with van der Waals surface area (Å²) in [4.78, 5) is 18.7. The topological polar surface area (TPSA) is 102 Å². The van der Waals surface area contributed by atoms with Crippen molar-refractivity contribution in [1.29, 1.82) is 0 Å². The second-order valence-electron chi connectivity index (χ2n) is 3.65. The number of aromatic amines is 1. The highest BCUT2D eigenvalue weighted by molar-refractivity contribution is 5.96. The van der Waals surface area contributed by atoms with Crippen LogP contribution in [0.2, 0.25) is 0 Å². The maximum absolute atomic E-state index is 11.7. The van der Waals surface area contributed by atoms with Gasteiger partial charge in [0.05, 0.1) is 5.69 Å². The van der Waals surface area contributed by atoms with Gasteiger partial charge in [-0.1, -0.05) is 0 Å². The third-order valence-electron chi connectivity index (χ3n) is 2.27. The average Bonchev–Trinajstić information content (AvgIpc) is 2.88. The molecule has 0 saturated heterocycles. The van der Waals surface area contributed by atoms with Crippen molar-refractivity contribution in [2.75, 3.05) is 12.3 Å². The maximum atomic E-state index is 11.7. The molecule has 0 unspecified atom stereocenters. The number of amides is 1. The van der Waals surface area contributed by atoms with Crippen LogP contribution in [0.3, 0.4) is 0 Å². The van der Waals surface area contributed by atoms with Crippen molar-refractivity contribution >= 4 is 11.6 Å². The van der Waals surface area contributed by atoms with Gasteiger partial charge in [0.15, 0.2) is 5.69 Å². The molecule has 2 rings (SSSR count). The van der Waals surface area contributed by atoms with Gasteiger partial charge in [0.25, 0.3) is 5.91 Å². The molecule has 7 nitrogen and oxygen atoms in total. The Morgan fingerprint density at radius 2 is 2.47 bits per heavy atom. The predicted molar refractivity (Wildman–Crippen MR) is 62.2 cm³/mol. The second-order valence-corrected chi connectivity index (χ2v) is 3.65. The first-order valence-electron chi connectivity index (χ1n) is 5.22. The van der Waals surface area contributed by atoms with Gasteiger partial charge in [-0.25, -0.2) is 4.98 Å². The monoisotopic (exact) mass is 234 g/mol. The molecule has 0 bridgehead atoms. The quantitative estimate of drug-likeness (QED) is 0.675. The van der Waals surface area contributed by atoms with Crippen molar-refractivity contribution in [2.24, 2.45) is 7.05 Å². The summed E-state index contributed by atoms with van der Waals surface area (Å²) >= 11 is 0. The summed E-state index contributed by atoms with van der Waals surface area (Å²) in [6.45, 7) is 0.488. The molecule has 0 atom stereocenters. The Bertz CT molecular complexity index is 501. The number of hydrogen-bond donors (Lipinski definition) is 3. The lowest BCUT2D eigenvalue weighted by molar-refractivity contribution is 0.0949. The molecule has 0 radical (unpaired) electrons. The summed E-state index contributed by atoms with van der Waals surface area (Å²) in [6.07, 6.45) is 5.66. The Hall–Kier alpha value is -2.31. The molecule has 0 spiro atoms. The number of nitrogens with one attached hydrogen (secondary N) is 2. The third kappa shape index (κ3) is 2.63. The smallest absolute Gasteiger partial charge is 0.273 e. The normalized spacial score (nSPS) is 10.4. The zero-order chi connectivity index (χ0) is 12.3. The Labute approximate surface area is 98.0 Å². The number of H-pyrrole nitrogens is 1. The minimum absolute atomic E-state index is 0.256. The van der Waals surface area contributed by atoms with E-state index in [2.05, 4.69) is 20.4 Å². The maximum Gasteiger partial charge on any atom is 0.273 e. The van der Waals surface area contributed by atoms with Gasteiger partial charge in [-0.05, 0) is 0 Å². The van der Waals surface area contributed by atoms with Gasteiger partial charge in [0.2, 0.25) is 0 Å². The number of hydrogen-bond acceptors (Lipinski definition) is 4. The number of rotatable bonds is 4. The Morgan fingerprint density at radius 3 is 3.06 bits per heavy atom. The van der Waals surface area contributed by atoms with Crippen LogP contribution in [0.25, 0.3) is 0 Å². The molecule has 90 valence electrons. The molecule has 0 aliphatic heterocycles. The molecule has 0 aliphatic carbocycles. The van der Waals surface area contributed by atoms with Gasteiger partial charge in [-0.3, -0.25) is 9.48 Å². The van der Waals surface area contributed by atoms with Crippen LogP contribution in [0.1, 0.15) is 16.3 Å². The molecule has 0 fully saturated rings. The van der Waals surface area contributed by atoms with E-state index in [0.717, 1.165) is 5.82 Å². The van der Waals surface area contributed by atoms with E-state index >= 15 is 0 Å². The molecule has 2 aromatic rings. The first-order chi connectivity index (χ1) is 8.16. The fourth-order valence-corrected chi connectivity index (χ4v) is 1.50. The standard InChI is InChI=1S/C10H14N6O/c1-16-6-7(11)9(15-16)10(17)14-3-2-8-12-4-5-13-8/h4-6H,2-3,11H2,1H3,(H,12,13)(H,14,17). The summed E-state index contributed by atoms with van der Waals surface area (Å²) in [5, 5.41) is 6.72. The molecule has 4 N–H and O–H groups in total. The molecule has 2 heterocycles. The summed E-state index contributed by atoms with van der Waals surface area (Å²) in [5.41, 5.74) is 6.28. The van der Waals surface area contributed by atoms with Crippen LogP contribution in [-0.2, 0) is 13.5 Å². The largest absolute Gasteiger partial charge is 0.396 e. The van der Waals surface area contributed by atoms with Crippen LogP contribution in [-0.4, -0.2) is 32.2 Å². The van der Waals surface area contributed by atoms with Crippen LogP contribution < -0.4 is 11.1 Å². The summed E-state index contributed by atoms with van der Waals surface area (Å²) in [7, 11) is 1.72. The van der Waals surface area contributed by atoms with E-state index < -0.39 is 0 Å². The molecular formula is C10H14N6O. The molecule has 1 amide bonds. The van der Waals surface area contributed by atoms with E-state index in [-0.39, 0.29) is 11.6 Å². The number of nitrogens with two attached hydrogens (primary N) is 1. The van der Waals surface area contributed by atoms with Crippen LogP contribution in [0, 0.1) is 0 Å². The van der Waals surface area contributed by atoms with E-state index in [4.69, 9.17) is 5.73 Å².